The molecule has 0 radical (unpaired) electrons. The molecule has 0 unspecified atom stereocenters. The van der Waals surface area contributed by atoms with Crippen LogP contribution in [0.2, 0.25) is 0 Å². The third-order valence-electron chi connectivity index (χ3n) is 3.37. The predicted octanol–water partition coefficient (Wildman–Crippen LogP) is 2.46. The Kier molecular flexibility index (Phi) is 5.07. The van der Waals surface area contributed by atoms with Crippen molar-refractivity contribution in [2.24, 2.45) is 7.05 Å². The van der Waals surface area contributed by atoms with E-state index < -0.39 is 0 Å². The van der Waals surface area contributed by atoms with Crippen LogP contribution in [0.15, 0.2) is 42.7 Å². The van der Waals surface area contributed by atoms with E-state index in [-0.39, 0.29) is 6.61 Å². The van der Waals surface area contributed by atoms with Crippen LogP contribution in [0, 0.1) is 0 Å². The number of rotatable bonds is 7. The number of nitrogens with one attached hydrogen (secondary N) is 1. The lowest BCUT2D eigenvalue weighted by molar-refractivity contribution is 0.302. The molecule has 0 aliphatic carbocycles. The van der Waals surface area contributed by atoms with Crippen molar-refractivity contribution in [1.82, 2.24) is 4.57 Å². The predicted molar refractivity (Wildman–Crippen MR) is 84.2 cm³/mol. The van der Waals surface area contributed by atoms with Gasteiger partial charge in [0, 0.05) is 50.5 Å². The minimum absolute atomic E-state index is 0.182. The van der Waals surface area contributed by atoms with E-state index >= 15 is 0 Å². The average Bonchev–Trinajstić information content (AvgIpc) is 2.89. The summed E-state index contributed by atoms with van der Waals surface area (Å²) in [6.07, 6.45) is 4.16. The first-order valence-electron chi connectivity index (χ1n) is 7.03. The van der Waals surface area contributed by atoms with Crippen molar-refractivity contribution >= 4 is 11.4 Å². The number of aromatic nitrogens is 1. The minimum Gasteiger partial charge on any atom is -0.395 e. The third kappa shape index (κ3) is 3.78. The summed E-state index contributed by atoms with van der Waals surface area (Å²) in [5.74, 6) is 0. The van der Waals surface area contributed by atoms with Crippen molar-refractivity contribution in [1.29, 1.82) is 0 Å². The van der Waals surface area contributed by atoms with E-state index in [0.29, 0.717) is 6.54 Å². The summed E-state index contributed by atoms with van der Waals surface area (Å²) >= 11 is 0. The zero-order valence-corrected chi connectivity index (χ0v) is 12.2. The van der Waals surface area contributed by atoms with Crippen LogP contribution in [0.1, 0.15) is 12.5 Å². The van der Waals surface area contributed by atoms with Crippen LogP contribution in [0.25, 0.3) is 0 Å². The van der Waals surface area contributed by atoms with Gasteiger partial charge in [0.1, 0.15) is 0 Å². The summed E-state index contributed by atoms with van der Waals surface area (Å²) in [6, 6.07) is 10.5. The van der Waals surface area contributed by atoms with Gasteiger partial charge in [0.15, 0.2) is 0 Å². The molecule has 4 heteroatoms. The third-order valence-corrected chi connectivity index (χ3v) is 3.37. The molecule has 1 aromatic heterocycles. The molecule has 1 heterocycles. The number of hydrogen-bond donors (Lipinski definition) is 2. The zero-order valence-electron chi connectivity index (χ0n) is 12.2. The normalized spacial score (nSPS) is 10.6. The van der Waals surface area contributed by atoms with Crippen molar-refractivity contribution in [3.05, 3.63) is 48.3 Å². The summed E-state index contributed by atoms with van der Waals surface area (Å²) in [5, 5.41) is 12.4. The lowest BCUT2D eigenvalue weighted by Crippen LogP contribution is -2.25. The Morgan fingerprint density at radius 2 is 1.95 bits per heavy atom. The highest BCUT2D eigenvalue weighted by Crippen LogP contribution is 2.18. The van der Waals surface area contributed by atoms with Crippen molar-refractivity contribution in [2.75, 3.05) is 29.9 Å². The monoisotopic (exact) mass is 273 g/mol. The lowest BCUT2D eigenvalue weighted by Gasteiger charge is -2.22. The maximum Gasteiger partial charge on any atom is 0.0606 e. The molecule has 4 nitrogen and oxygen atoms in total. The van der Waals surface area contributed by atoms with Crippen LogP contribution in [0.5, 0.6) is 0 Å². The molecule has 0 fully saturated rings. The summed E-state index contributed by atoms with van der Waals surface area (Å²) < 4.78 is 2.05. The van der Waals surface area contributed by atoms with Crippen LogP contribution in [-0.2, 0) is 13.6 Å². The Morgan fingerprint density at radius 3 is 2.50 bits per heavy atom. The number of anilines is 2. The van der Waals surface area contributed by atoms with E-state index in [1.165, 1.54) is 5.56 Å². The Hall–Kier alpha value is -1.94. The molecule has 2 aromatic rings. The zero-order chi connectivity index (χ0) is 14.4. The second-order valence-electron chi connectivity index (χ2n) is 4.89. The van der Waals surface area contributed by atoms with Crippen LogP contribution in [0.3, 0.4) is 0 Å². The minimum atomic E-state index is 0.182. The van der Waals surface area contributed by atoms with Gasteiger partial charge in [-0.05, 0) is 42.8 Å². The largest absolute Gasteiger partial charge is 0.395 e. The Bertz CT molecular complexity index is 519. The fourth-order valence-electron chi connectivity index (χ4n) is 2.25. The standard InChI is InChI=1S/C16H23N3O/c1-3-19(10-11-20)16-6-4-15(5-7-16)17-12-14-8-9-18(2)13-14/h4-9,13,17,20H,3,10-12H2,1-2H3. The first-order valence-corrected chi connectivity index (χ1v) is 7.03. The number of likely N-dealkylation sites (N-methyl/N-ethyl adjacent to an activating group) is 1. The Balaban J connectivity index is 1.94. The molecule has 20 heavy (non-hydrogen) atoms. The first kappa shape index (κ1) is 14.5. The van der Waals surface area contributed by atoms with E-state index in [2.05, 4.69) is 53.7 Å². The van der Waals surface area contributed by atoms with Gasteiger partial charge in [-0.1, -0.05) is 0 Å². The van der Waals surface area contributed by atoms with Gasteiger partial charge in [0.2, 0.25) is 0 Å². The number of hydrogen-bond acceptors (Lipinski definition) is 3. The second-order valence-corrected chi connectivity index (χ2v) is 4.89. The Labute approximate surface area is 120 Å². The van der Waals surface area contributed by atoms with E-state index in [0.717, 1.165) is 24.5 Å². The van der Waals surface area contributed by atoms with Crippen LogP contribution in [-0.4, -0.2) is 29.4 Å². The molecule has 0 amide bonds. The molecule has 0 saturated carbocycles. The number of nitrogens with zero attached hydrogens (tertiary/aromatic N) is 2. The van der Waals surface area contributed by atoms with Gasteiger partial charge in [-0.2, -0.15) is 0 Å². The van der Waals surface area contributed by atoms with Crippen molar-refractivity contribution in [2.45, 2.75) is 13.5 Å². The van der Waals surface area contributed by atoms with Crippen molar-refractivity contribution < 1.29 is 5.11 Å². The SMILES string of the molecule is CCN(CCO)c1ccc(NCc2ccn(C)c2)cc1. The second kappa shape index (κ2) is 7.01. The van der Waals surface area contributed by atoms with E-state index in [1.54, 1.807) is 0 Å². The first-order chi connectivity index (χ1) is 9.72. The molecule has 2 N–H and O–H groups in total. The Morgan fingerprint density at radius 1 is 1.20 bits per heavy atom. The number of aliphatic hydroxyl groups excluding tert-OH is 1. The summed E-state index contributed by atoms with van der Waals surface area (Å²) in [7, 11) is 2.03. The molecule has 0 spiro atoms. The number of aliphatic hydroxyl groups is 1. The quantitative estimate of drug-likeness (QED) is 0.814. The van der Waals surface area contributed by atoms with Gasteiger partial charge < -0.3 is 19.9 Å². The highest BCUT2D eigenvalue weighted by molar-refractivity contribution is 5.55. The van der Waals surface area contributed by atoms with Crippen LogP contribution in [0.4, 0.5) is 11.4 Å². The number of aryl methyl sites for hydroxylation is 1. The van der Waals surface area contributed by atoms with Gasteiger partial charge >= 0.3 is 0 Å². The molecule has 0 saturated heterocycles. The molecule has 0 atom stereocenters. The van der Waals surface area contributed by atoms with Crippen molar-refractivity contribution in [3.8, 4) is 0 Å². The maximum atomic E-state index is 9.04. The van der Waals surface area contributed by atoms with E-state index in [4.69, 9.17) is 5.11 Å². The van der Waals surface area contributed by atoms with E-state index in [1.807, 2.05) is 17.8 Å². The molecule has 108 valence electrons. The van der Waals surface area contributed by atoms with Gasteiger partial charge in [0.05, 0.1) is 6.61 Å². The highest BCUT2D eigenvalue weighted by Gasteiger charge is 2.03. The maximum absolute atomic E-state index is 9.04. The average molecular weight is 273 g/mol. The van der Waals surface area contributed by atoms with Gasteiger partial charge in [0.25, 0.3) is 0 Å². The molecule has 2 rings (SSSR count). The summed E-state index contributed by atoms with van der Waals surface area (Å²) in [4.78, 5) is 2.15. The van der Waals surface area contributed by atoms with Gasteiger partial charge in [-0.25, -0.2) is 0 Å². The molecular weight excluding hydrogens is 250 g/mol. The topological polar surface area (TPSA) is 40.4 Å². The molecule has 0 aliphatic heterocycles. The summed E-state index contributed by atoms with van der Waals surface area (Å²) in [5.41, 5.74) is 3.52. The fourth-order valence-corrected chi connectivity index (χ4v) is 2.25. The van der Waals surface area contributed by atoms with Gasteiger partial charge in [-0.15, -0.1) is 0 Å². The fraction of sp³-hybridized carbons (Fsp3) is 0.375. The molecule has 0 aliphatic rings. The molecular formula is C16H23N3O. The lowest BCUT2D eigenvalue weighted by atomic mass is 10.2. The molecule has 0 bridgehead atoms. The van der Waals surface area contributed by atoms with Crippen LogP contribution < -0.4 is 10.2 Å². The summed E-state index contributed by atoms with van der Waals surface area (Å²) in [6.45, 7) is 4.68. The van der Waals surface area contributed by atoms with Gasteiger partial charge in [-0.3, -0.25) is 0 Å². The molecule has 1 aromatic carbocycles. The van der Waals surface area contributed by atoms with Crippen molar-refractivity contribution in [3.63, 3.8) is 0 Å². The number of benzene rings is 1. The smallest absolute Gasteiger partial charge is 0.0606 e. The van der Waals surface area contributed by atoms with Crippen LogP contribution >= 0.6 is 0 Å². The highest BCUT2D eigenvalue weighted by atomic mass is 16.3. The van der Waals surface area contributed by atoms with E-state index in [9.17, 15) is 0 Å².